The van der Waals surface area contributed by atoms with Crippen LogP contribution in [-0.4, -0.2) is 29.8 Å². The van der Waals surface area contributed by atoms with Crippen LogP contribution < -0.4 is 21.2 Å². The van der Waals surface area contributed by atoms with Crippen LogP contribution in [0.15, 0.2) is 133 Å². The van der Waals surface area contributed by atoms with E-state index < -0.39 is 7.26 Å². The fraction of sp³-hybridized carbons (Fsp3) is 0.125. The summed E-state index contributed by atoms with van der Waals surface area (Å²) in [6, 6.07) is 39.8. The second-order valence-corrected chi connectivity index (χ2v) is 11.8. The minimum Gasteiger partial charge on any atom is -0.338 e. The van der Waals surface area contributed by atoms with Gasteiger partial charge in [-0.1, -0.05) is 72.8 Å². The number of likely N-dealkylation sites (N-methyl/N-ethyl adjacent to an activating group) is 1. The molecule has 0 bridgehead atoms. The van der Waals surface area contributed by atoms with E-state index in [4.69, 9.17) is 0 Å². The lowest BCUT2D eigenvalue weighted by atomic mass is 10.2. The first-order chi connectivity index (χ1) is 18.1. The molecule has 5 heteroatoms. The van der Waals surface area contributed by atoms with Gasteiger partial charge in [0.15, 0.2) is 0 Å². The van der Waals surface area contributed by atoms with Gasteiger partial charge in [0.05, 0.1) is 0 Å². The summed E-state index contributed by atoms with van der Waals surface area (Å²) >= 11 is 0. The topological polar surface area (TPSA) is 49.4 Å². The summed E-state index contributed by atoms with van der Waals surface area (Å²) in [7, 11) is -2.50. The molecule has 0 spiro atoms. The molecule has 0 saturated heterocycles. The maximum atomic E-state index is 13.9. The van der Waals surface area contributed by atoms with Gasteiger partial charge in [0.1, 0.15) is 34.7 Å². The zero-order valence-electron chi connectivity index (χ0n) is 21.2. The van der Waals surface area contributed by atoms with Gasteiger partial charge in [0.25, 0.3) is 11.8 Å². The lowest BCUT2D eigenvalue weighted by molar-refractivity contribution is -0.127. The van der Waals surface area contributed by atoms with E-state index in [0.29, 0.717) is 24.4 Å². The highest BCUT2D eigenvalue weighted by molar-refractivity contribution is 7.98. The number of carbonyl (C=O) groups excluding carboxylic acids is 2. The number of carbonyl (C=O) groups is 2. The highest BCUT2D eigenvalue weighted by atomic mass is 31.2. The number of hydrogen-bond acceptors (Lipinski definition) is 2. The van der Waals surface area contributed by atoms with Crippen molar-refractivity contribution in [3.63, 3.8) is 0 Å². The Bertz CT molecular complexity index is 1240. The quantitative estimate of drug-likeness (QED) is 0.253. The number of benzene rings is 4. The van der Waals surface area contributed by atoms with Crippen LogP contribution in [0.4, 0.5) is 0 Å². The molecule has 0 aliphatic carbocycles. The van der Waals surface area contributed by atoms with E-state index in [1.54, 1.807) is 17.0 Å². The van der Waals surface area contributed by atoms with Crippen molar-refractivity contribution < 1.29 is 9.59 Å². The predicted octanol–water partition coefficient (Wildman–Crippen LogP) is 5.12. The Balaban J connectivity index is 2.00. The molecule has 0 radical (unpaired) electrons. The minimum absolute atomic E-state index is 0.193. The second kappa shape index (κ2) is 12.3. The Hall–Kier alpha value is -4.01. The SMILES string of the molecule is CCN(CC)C(=O)C(=C[P+](c1ccccc1)(c1ccccc1)c1ccccc1)NC(=O)c1ccccc1. The molecule has 1 N–H and O–H groups in total. The lowest BCUT2D eigenvalue weighted by Crippen LogP contribution is -2.39. The lowest BCUT2D eigenvalue weighted by Gasteiger charge is -2.27. The first kappa shape index (κ1) is 26.1. The third kappa shape index (κ3) is 5.71. The molecule has 0 aliphatic heterocycles. The Kier molecular flexibility index (Phi) is 8.66. The second-order valence-electron chi connectivity index (χ2n) is 8.57. The highest BCUT2D eigenvalue weighted by Crippen LogP contribution is 2.57. The molecule has 0 heterocycles. The monoisotopic (exact) mass is 507 g/mol. The number of rotatable bonds is 9. The largest absolute Gasteiger partial charge is 0.338 e. The zero-order chi connectivity index (χ0) is 26.1. The number of hydrogen-bond donors (Lipinski definition) is 1. The molecule has 0 aliphatic rings. The molecule has 0 atom stereocenters. The molecule has 0 unspecified atom stereocenters. The average Bonchev–Trinajstić information content (AvgIpc) is 2.97. The molecule has 2 amide bonds. The summed E-state index contributed by atoms with van der Waals surface area (Å²) in [5.74, 6) is 1.54. The van der Waals surface area contributed by atoms with Gasteiger partial charge in [0, 0.05) is 18.7 Å². The van der Waals surface area contributed by atoms with Crippen molar-refractivity contribution in [1.82, 2.24) is 10.2 Å². The van der Waals surface area contributed by atoms with Crippen LogP contribution in [0.1, 0.15) is 24.2 Å². The third-order valence-electron chi connectivity index (χ3n) is 6.38. The maximum Gasteiger partial charge on any atom is 0.273 e. The van der Waals surface area contributed by atoms with Crippen molar-refractivity contribution in [2.75, 3.05) is 13.1 Å². The number of amides is 2. The summed E-state index contributed by atoms with van der Waals surface area (Å²) in [4.78, 5) is 29.0. The van der Waals surface area contributed by atoms with Gasteiger partial charge >= 0.3 is 0 Å². The van der Waals surface area contributed by atoms with Gasteiger partial charge in [-0.25, -0.2) is 0 Å². The maximum absolute atomic E-state index is 13.9. The normalized spacial score (nSPS) is 11.6. The summed E-state index contributed by atoms with van der Waals surface area (Å²) in [5.41, 5.74) is 0.797. The van der Waals surface area contributed by atoms with Crippen LogP contribution >= 0.6 is 7.26 Å². The molecular formula is C32H32N2O2P+. The van der Waals surface area contributed by atoms with Crippen molar-refractivity contribution in [3.05, 3.63) is 138 Å². The number of nitrogens with one attached hydrogen (secondary N) is 1. The Morgan fingerprint density at radius 1 is 0.649 bits per heavy atom. The van der Waals surface area contributed by atoms with Crippen LogP contribution in [0.2, 0.25) is 0 Å². The summed E-state index contributed by atoms with van der Waals surface area (Å²) in [6.07, 6.45) is 0. The van der Waals surface area contributed by atoms with Gasteiger partial charge in [-0.2, -0.15) is 0 Å². The van der Waals surface area contributed by atoms with E-state index >= 15 is 0 Å². The minimum atomic E-state index is -2.50. The molecule has 0 saturated carbocycles. The molecule has 4 aromatic rings. The van der Waals surface area contributed by atoms with Gasteiger partial charge in [-0.3, -0.25) is 9.59 Å². The fourth-order valence-corrected chi connectivity index (χ4v) is 8.29. The average molecular weight is 508 g/mol. The van der Waals surface area contributed by atoms with Gasteiger partial charge in [0.2, 0.25) is 0 Å². The summed E-state index contributed by atoms with van der Waals surface area (Å²) < 4.78 is 0. The first-order valence-corrected chi connectivity index (χ1v) is 14.4. The van der Waals surface area contributed by atoms with Crippen LogP contribution in [0, 0.1) is 0 Å². The molecule has 0 aromatic heterocycles. The van der Waals surface area contributed by atoms with Crippen molar-refractivity contribution in [2.24, 2.45) is 0 Å². The molecule has 4 rings (SSSR count). The van der Waals surface area contributed by atoms with E-state index in [2.05, 4.69) is 41.7 Å². The van der Waals surface area contributed by atoms with E-state index in [1.807, 2.05) is 92.5 Å². The Morgan fingerprint density at radius 2 is 1.03 bits per heavy atom. The smallest absolute Gasteiger partial charge is 0.273 e. The van der Waals surface area contributed by atoms with E-state index in [1.165, 1.54) is 0 Å². The zero-order valence-corrected chi connectivity index (χ0v) is 22.1. The summed E-state index contributed by atoms with van der Waals surface area (Å²) in [5, 5.41) is 6.31. The van der Waals surface area contributed by atoms with E-state index in [9.17, 15) is 9.59 Å². The molecule has 37 heavy (non-hydrogen) atoms. The van der Waals surface area contributed by atoms with E-state index in [-0.39, 0.29) is 11.8 Å². The Labute approximate surface area is 220 Å². The predicted molar refractivity (Wildman–Crippen MR) is 155 cm³/mol. The van der Waals surface area contributed by atoms with Crippen molar-refractivity contribution in [2.45, 2.75) is 13.8 Å². The fourth-order valence-electron chi connectivity index (χ4n) is 4.46. The first-order valence-electron chi connectivity index (χ1n) is 12.5. The molecule has 0 fully saturated rings. The van der Waals surface area contributed by atoms with E-state index in [0.717, 1.165) is 15.9 Å². The van der Waals surface area contributed by atoms with Gasteiger partial charge in [-0.05, 0) is 62.4 Å². The number of nitrogens with zero attached hydrogens (tertiary/aromatic N) is 1. The van der Waals surface area contributed by atoms with Crippen LogP contribution in [0.5, 0.6) is 0 Å². The van der Waals surface area contributed by atoms with Crippen molar-refractivity contribution in [3.8, 4) is 0 Å². The molecule has 186 valence electrons. The van der Waals surface area contributed by atoms with Gasteiger partial charge in [-0.15, -0.1) is 0 Å². The van der Waals surface area contributed by atoms with Crippen LogP contribution in [0.25, 0.3) is 0 Å². The summed E-state index contributed by atoms with van der Waals surface area (Å²) in [6.45, 7) is 4.99. The van der Waals surface area contributed by atoms with Crippen molar-refractivity contribution >= 4 is 35.0 Å². The third-order valence-corrected chi connectivity index (χ3v) is 10.4. The standard InChI is InChI=1S/C32H31N2O2P/c1-3-34(4-2)32(36)30(33-31(35)26-17-9-5-10-18-26)25-37(27-19-11-6-12-20-27,28-21-13-7-14-22-28)29-23-15-8-16-24-29/h5-25H,3-4H2,1-2H3/p+1. The van der Waals surface area contributed by atoms with Crippen LogP contribution in [0.3, 0.4) is 0 Å². The van der Waals surface area contributed by atoms with Crippen LogP contribution in [-0.2, 0) is 4.79 Å². The Morgan fingerprint density at radius 3 is 1.41 bits per heavy atom. The highest BCUT2D eigenvalue weighted by Gasteiger charge is 2.45. The molecule has 4 nitrogen and oxygen atoms in total. The molecular weight excluding hydrogens is 475 g/mol. The van der Waals surface area contributed by atoms with Crippen molar-refractivity contribution in [1.29, 1.82) is 0 Å². The van der Waals surface area contributed by atoms with Gasteiger partial charge < -0.3 is 10.2 Å². The molecule has 4 aromatic carbocycles.